The molecule has 1 amide bonds. The molecule has 1 aliphatic rings. The van der Waals surface area contributed by atoms with Crippen LogP contribution >= 0.6 is 11.6 Å². The molecule has 0 aliphatic carbocycles. The van der Waals surface area contributed by atoms with Crippen LogP contribution < -0.4 is 10.6 Å². The molecular formula is C35H38ClN7O3. The van der Waals surface area contributed by atoms with Crippen LogP contribution in [-0.4, -0.2) is 66.8 Å². The summed E-state index contributed by atoms with van der Waals surface area (Å²) in [5.41, 5.74) is 3.68. The van der Waals surface area contributed by atoms with E-state index in [2.05, 4.69) is 15.0 Å². The Hall–Kier alpha value is -4.57. The predicted octanol–water partition coefficient (Wildman–Crippen LogP) is 6.92. The van der Waals surface area contributed by atoms with Crippen molar-refractivity contribution < 1.29 is 9.53 Å². The van der Waals surface area contributed by atoms with Gasteiger partial charge in [-0.2, -0.15) is 4.98 Å². The molecule has 5 aromatic rings. The molecule has 10 nitrogen and oxygen atoms in total. The van der Waals surface area contributed by atoms with E-state index in [1.54, 1.807) is 21.9 Å². The summed E-state index contributed by atoms with van der Waals surface area (Å²) in [6.07, 6.45) is 3.14. The lowest BCUT2D eigenvalue weighted by molar-refractivity contribution is 0.0218. The van der Waals surface area contributed by atoms with Gasteiger partial charge in [0.05, 0.1) is 33.0 Å². The Morgan fingerprint density at radius 3 is 2.52 bits per heavy atom. The number of fused-ring (bicyclic) bond motifs is 2. The van der Waals surface area contributed by atoms with Gasteiger partial charge in [0.1, 0.15) is 11.4 Å². The van der Waals surface area contributed by atoms with Crippen molar-refractivity contribution in [1.82, 2.24) is 29.4 Å². The largest absolute Gasteiger partial charge is 0.444 e. The van der Waals surface area contributed by atoms with Gasteiger partial charge in [-0.05, 0) is 64.3 Å². The second kappa shape index (κ2) is 12.0. The molecule has 0 bridgehead atoms. The number of anilines is 1. The Kier molecular flexibility index (Phi) is 8.18. The molecule has 46 heavy (non-hydrogen) atoms. The van der Waals surface area contributed by atoms with E-state index in [1.807, 2.05) is 95.8 Å². The van der Waals surface area contributed by atoms with Crippen LogP contribution in [0.25, 0.3) is 38.9 Å². The van der Waals surface area contributed by atoms with Crippen molar-refractivity contribution in [3.63, 3.8) is 0 Å². The molecule has 238 valence electrons. The molecule has 6 rings (SSSR count). The summed E-state index contributed by atoms with van der Waals surface area (Å²) in [4.78, 5) is 50.0. The molecule has 0 spiro atoms. The zero-order valence-corrected chi connectivity index (χ0v) is 28.0. The lowest BCUT2D eigenvalue weighted by atomic mass is 10.0. The highest BCUT2D eigenvalue weighted by Crippen LogP contribution is 2.37. The van der Waals surface area contributed by atoms with Gasteiger partial charge in [-0.25, -0.2) is 19.1 Å². The molecule has 11 heteroatoms. The normalized spacial score (nSPS) is 15.6. The van der Waals surface area contributed by atoms with Crippen molar-refractivity contribution >= 4 is 45.4 Å². The number of para-hydroxylation sites is 1. The number of aromatic nitrogens is 5. The number of amides is 1. The number of ether oxygens (including phenoxy) is 1. The summed E-state index contributed by atoms with van der Waals surface area (Å²) >= 11 is 7.06. The maximum atomic E-state index is 14.2. The molecule has 1 aromatic carbocycles. The number of hydrogen-bond acceptors (Lipinski definition) is 8. The summed E-state index contributed by atoms with van der Waals surface area (Å²) in [6.45, 7) is 14.9. The maximum absolute atomic E-state index is 14.2. The lowest BCUT2D eigenvalue weighted by Crippen LogP contribution is -2.55. The molecular weight excluding hydrogens is 602 g/mol. The van der Waals surface area contributed by atoms with Crippen molar-refractivity contribution in [1.29, 1.82) is 0 Å². The van der Waals surface area contributed by atoms with Gasteiger partial charge in [-0.15, -0.1) is 0 Å². The number of piperazine rings is 1. The highest BCUT2D eigenvalue weighted by atomic mass is 35.5. The van der Waals surface area contributed by atoms with Gasteiger partial charge >= 0.3 is 11.8 Å². The van der Waals surface area contributed by atoms with Crippen LogP contribution in [0.4, 0.5) is 10.6 Å². The average molecular weight is 640 g/mol. The molecule has 1 fully saturated rings. The van der Waals surface area contributed by atoms with E-state index < -0.39 is 11.3 Å². The molecule has 1 saturated heterocycles. The van der Waals surface area contributed by atoms with Crippen molar-refractivity contribution in [3.05, 3.63) is 81.6 Å². The van der Waals surface area contributed by atoms with Crippen molar-refractivity contribution in [2.75, 3.05) is 24.5 Å². The fourth-order valence-electron chi connectivity index (χ4n) is 6.06. The molecule has 5 heterocycles. The van der Waals surface area contributed by atoms with E-state index in [0.717, 1.165) is 27.7 Å². The zero-order chi connectivity index (χ0) is 32.9. The van der Waals surface area contributed by atoms with Crippen molar-refractivity contribution in [3.8, 4) is 16.9 Å². The van der Waals surface area contributed by atoms with Crippen LogP contribution in [-0.2, 0) is 4.74 Å². The van der Waals surface area contributed by atoms with Gasteiger partial charge in [0.25, 0.3) is 0 Å². The summed E-state index contributed by atoms with van der Waals surface area (Å²) < 4.78 is 7.19. The number of pyridine rings is 3. The van der Waals surface area contributed by atoms with E-state index in [4.69, 9.17) is 21.3 Å². The Bertz CT molecular complexity index is 2030. The number of carbonyl (C=O) groups is 1. The van der Waals surface area contributed by atoms with E-state index in [1.165, 1.54) is 0 Å². The van der Waals surface area contributed by atoms with Gasteiger partial charge in [0.2, 0.25) is 0 Å². The highest BCUT2D eigenvalue weighted by molar-refractivity contribution is 6.34. The molecule has 1 atom stereocenters. The number of nitrogens with zero attached hydrogens (tertiary/aromatic N) is 7. The number of rotatable bonds is 4. The van der Waals surface area contributed by atoms with Gasteiger partial charge in [-0.1, -0.05) is 49.7 Å². The minimum atomic E-state index is -0.598. The Balaban J connectivity index is 1.57. The average Bonchev–Trinajstić information content (AvgIpc) is 3.00. The van der Waals surface area contributed by atoms with Crippen LogP contribution in [0, 0.1) is 6.92 Å². The first-order valence-electron chi connectivity index (χ1n) is 15.5. The number of carbonyl (C=O) groups excluding carboxylic acids is 1. The van der Waals surface area contributed by atoms with E-state index >= 15 is 0 Å². The van der Waals surface area contributed by atoms with E-state index in [9.17, 15) is 9.59 Å². The van der Waals surface area contributed by atoms with Crippen LogP contribution in [0.2, 0.25) is 5.02 Å². The summed E-state index contributed by atoms with van der Waals surface area (Å²) in [6, 6.07) is 13.3. The molecule has 0 radical (unpaired) electrons. The lowest BCUT2D eigenvalue weighted by Gasteiger charge is -2.41. The molecule has 0 saturated carbocycles. The van der Waals surface area contributed by atoms with Crippen LogP contribution in [0.15, 0.2) is 59.7 Å². The fraction of sp³-hybridized carbons (Fsp3) is 0.371. The smallest absolute Gasteiger partial charge is 0.410 e. The Labute approximate surface area is 273 Å². The minimum Gasteiger partial charge on any atom is -0.444 e. The number of hydrogen-bond donors (Lipinski definition) is 0. The van der Waals surface area contributed by atoms with Crippen LogP contribution in [0.1, 0.15) is 58.7 Å². The van der Waals surface area contributed by atoms with Crippen LogP contribution in [0.5, 0.6) is 0 Å². The SMILES string of the molecule is Cc1ccnc(C(C)C)c1-n1c(=O)nc(N2CCN(C(=O)OC(C)(C)C)C[C@@H]2C)c2cc(Cl)c(-c3cccc4cccnc34)nc21. The molecule has 0 N–H and O–H groups in total. The van der Waals surface area contributed by atoms with Crippen molar-refractivity contribution in [2.45, 2.75) is 66.0 Å². The Morgan fingerprint density at radius 2 is 1.80 bits per heavy atom. The van der Waals surface area contributed by atoms with E-state index in [0.29, 0.717) is 52.9 Å². The standard InChI is InChI=1S/C35H38ClN7O3/c1-20(2)27-30(21(3)13-15-38-27)43-32-25(18-26(36)29(39-32)24-12-8-10-23-11-9-14-37-28(23)24)31(40-33(43)44)42-17-16-41(19-22(42)4)34(45)46-35(5,6)7/h8-15,18,20,22H,16-17,19H2,1-7H3/t22-/m0/s1. The van der Waals surface area contributed by atoms with Gasteiger partial charge in [-0.3, -0.25) is 9.97 Å². The number of halogens is 1. The molecule has 4 aromatic heterocycles. The third-order valence-corrected chi connectivity index (χ3v) is 8.45. The van der Waals surface area contributed by atoms with E-state index in [-0.39, 0.29) is 18.1 Å². The number of aryl methyl sites for hydroxylation is 1. The second-order valence-corrected chi connectivity index (χ2v) is 13.5. The summed E-state index contributed by atoms with van der Waals surface area (Å²) in [7, 11) is 0. The Morgan fingerprint density at radius 1 is 1.04 bits per heavy atom. The first-order chi connectivity index (χ1) is 21.8. The first-order valence-corrected chi connectivity index (χ1v) is 15.9. The van der Waals surface area contributed by atoms with Gasteiger partial charge in [0, 0.05) is 49.0 Å². The van der Waals surface area contributed by atoms with Gasteiger partial charge in [0.15, 0.2) is 5.65 Å². The first kappa shape index (κ1) is 31.4. The zero-order valence-electron chi connectivity index (χ0n) is 27.2. The maximum Gasteiger partial charge on any atom is 0.410 e. The molecule has 1 aliphatic heterocycles. The van der Waals surface area contributed by atoms with Gasteiger partial charge < -0.3 is 14.5 Å². The number of benzene rings is 1. The van der Waals surface area contributed by atoms with Crippen molar-refractivity contribution in [2.24, 2.45) is 0 Å². The fourth-order valence-corrected chi connectivity index (χ4v) is 6.31. The summed E-state index contributed by atoms with van der Waals surface area (Å²) in [5, 5.41) is 1.98. The quantitative estimate of drug-likeness (QED) is 0.209. The topological polar surface area (TPSA) is 106 Å². The third-order valence-electron chi connectivity index (χ3n) is 8.17. The summed E-state index contributed by atoms with van der Waals surface area (Å²) in [5.74, 6) is 0.503. The highest BCUT2D eigenvalue weighted by Gasteiger charge is 2.33. The third kappa shape index (κ3) is 5.77. The van der Waals surface area contributed by atoms with Crippen LogP contribution in [0.3, 0.4) is 0 Å². The molecule has 0 unspecified atom stereocenters. The monoisotopic (exact) mass is 639 g/mol. The predicted molar refractivity (Wildman–Crippen MR) is 182 cm³/mol. The second-order valence-electron chi connectivity index (χ2n) is 13.1. The minimum absolute atomic E-state index is 0.0338.